The maximum absolute atomic E-state index is 11.2. The van der Waals surface area contributed by atoms with E-state index in [1.807, 2.05) is 0 Å². The van der Waals surface area contributed by atoms with E-state index in [0.717, 1.165) is 25.9 Å². The van der Waals surface area contributed by atoms with Crippen molar-refractivity contribution in [3.8, 4) is 0 Å². The van der Waals surface area contributed by atoms with E-state index in [1.165, 1.54) is 23.2 Å². The van der Waals surface area contributed by atoms with Crippen molar-refractivity contribution in [3.63, 3.8) is 0 Å². The van der Waals surface area contributed by atoms with Crippen LogP contribution in [0.1, 0.15) is 37.3 Å². The number of rotatable bonds is 5. The topological polar surface area (TPSA) is 72.3 Å². The highest BCUT2D eigenvalue weighted by atomic mass is 16.1. The van der Waals surface area contributed by atoms with E-state index in [2.05, 4.69) is 30.0 Å². The Bertz CT molecular complexity index is 496. The van der Waals surface area contributed by atoms with E-state index in [1.54, 1.807) is 6.92 Å². The molecule has 1 aliphatic rings. The number of hydrogen-bond acceptors (Lipinski definition) is 3. The number of aryl methyl sites for hydroxylation is 2. The SMILES string of the molecule is Cc1ccc2c(c1)CCCN2CCCC(C)(N)C(N)=O. The molecule has 1 unspecified atom stereocenters. The Morgan fingerprint density at radius 1 is 1.45 bits per heavy atom. The van der Waals surface area contributed by atoms with Crippen LogP contribution in [-0.4, -0.2) is 24.5 Å². The van der Waals surface area contributed by atoms with E-state index >= 15 is 0 Å². The van der Waals surface area contributed by atoms with Crippen molar-refractivity contribution in [2.45, 2.75) is 45.1 Å². The number of carbonyl (C=O) groups excluding carboxylic acids is 1. The molecule has 0 radical (unpaired) electrons. The normalized spacial score (nSPS) is 17.4. The molecule has 0 saturated carbocycles. The quantitative estimate of drug-likeness (QED) is 0.859. The first-order chi connectivity index (χ1) is 9.40. The van der Waals surface area contributed by atoms with Gasteiger partial charge < -0.3 is 16.4 Å². The second-order valence-corrected chi connectivity index (χ2v) is 6.11. The van der Waals surface area contributed by atoms with E-state index < -0.39 is 11.4 Å². The number of carbonyl (C=O) groups is 1. The molecule has 0 fully saturated rings. The molecule has 0 aromatic heterocycles. The van der Waals surface area contributed by atoms with Gasteiger partial charge in [-0.1, -0.05) is 17.7 Å². The van der Waals surface area contributed by atoms with Crippen molar-refractivity contribution in [1.82, 2.24) is 0 Å². The van der Waals surface area contributed by atoms with Crippen molar-refractivity contribution >= 4 is 11.6 Å². The van der Waals surface area contributed by atoms with Gasteiger partial charge in [-0.25, -0.2) is 0 Å². The molecule has 4 heteroatoms. The molecular formula is C16H25N3O. The summed E-state index contributed by atoms with van der Waals surface area (Å²) in [6.07, 6.45) is 3.85. The summed E-state index contributed by atoms with van der Waals surface area (Å²) >= 11 is 0. The maximum Gasteiger partial charge on any atom is 0.237 e. The van der Waals surface area contributed by atoms with Gasteiger partial charge in [0.05, 0.1) is 5.54 Å². The minimum atomic E-state index is -0.897. The van der Waals surface area contributed by atoms with Crippen LogP contribution in [0.3, 0.4) is 0 Å². The third-order valence-corrected chi connectivity index (χ3v) is 4.14. The van der Waals surface area contributed by atoms with Crippen molar-refractivity contribution in [3.05, 3.63) is 29.3 Å². The molecule has 1 amide bonds. The second kappa shape index (κ2) is 5.83. The molecule has 20 heavy (non-hydrogen) atoms. The molecular weight excluding hydrogens is 250 g/mol. The van der Waals surface area contributed by atoms with Crippen LogP contribution in [-0.2, 0) is 11.2 Å². The smallest absolute Gasteiger partial charge is 0.237 e. The lowest BCUT2D eigenvalue weighted by atomic mass is 9.95. The van der Waals surface area contributed by atoms with E-state index in [-0.39, 0.29) is 0 Å². The molecule has 0 spiro atoms. The van der Waals surface area contributed by atoms with Gasteiger partial charge in [-0.15, -0.1) is 0 Å². The zero-order chi connectivity index (χ0) is 14.8. The molecule has 0 bridgehead atoms. The second-order valence-electron chi connectivity index (χ2n) is 6.11. The van der Waals surface area contributed by atoms with E-state index in [0.29, 0.717) is 6.42 Å². The summed E-state index contributed by atoms with van der Waals surface area (Å²) in [6, 6.07) is 6.64. The highest BCUT2D eigenvalue weighted by Crippen LogP contribution is 2.28. The summed E-state index contributed by atoms with van der Waals surface area (Å²) < 4.78 is 0. The Morgan fingerprint density at radius 2 is 2.20 bits per heavy atom. The van der Waals surface area contributed by atoms with Gasteiger partial charge in [-0.05, 0) is 51.2 Å². The fraction of sp³-hybridized carbons (Fsp3) is 0.562. The molecule has 2 rings (SSSR count). The predicted molar refractivity (Wildman–Crippen MR) is 82.7 cm³/mol. The van der Waals surface area contributed by atoms with Crippen molar-refractivity contribution in [2.24, 2.45) is 11.5 Å². The van der Waals surface area contributed by atoms with Gasteiger partial charge in [0.2, 0.25) is 5.91 Å². The zero-order valence-electron chi connectivity index (χ0n) is 12.5. The fourth-order valence-electron chi connectivity index (χ4n) is 2.80. The number of fused-ring (bicyclic) bond motifs is 1. The Kier molecular flexibility index (Phi) is 4.33. The van der Waals surface area contributed by atoms with Crippen LogP contribution >= 0.6 is 0 Å². The van der Waals surface area contributed by atoms with Crippen LogP contribution in [0, 0.1) is 6.92 Å². The standard InChI is InChI=1S/C16H25N3O/c1-12-6-7-14-13(11-12)5-3-9-19(14)10-4-8-16(2,18)15(17)20/h6-7,11H,3-5,8-10,18H2,1-2H3,(H2,17,20). The highest BCUT2D eigenvalue weighted by Gasteiger charge is 2.25. The molecule has 1 aromatic carbocycles. The van der Waals surface area contributed by atoms with Crippen molar-refractivity contribution in [2.75, 3.05) is 18.0 Å². The van der Waals surface area contributed by atoms with E-state index in [4.69, 9.17) is 11.5 Å². The summed E-state index contributed by atoms with van der Waals surface area (Å²) in [4.78, 5) is 13.6. The lowest BCUT2D eigenvalue weighted by molar-refractivity contribution is -0.122. The minimum absolute atomic E-state index is 0.424. The molecule has 1 aromatic rings. The summed E-state index contributed by atoms with van der Waals surface area (Å²) in [5.41, 5.74) is 14.4. The molecule has 0 aliphatic carbocycles. The third-order valence-electron chi connectivity index (χ3n) is 4.14. The lowest BCUT2D eigenvalue weighted by Gasteiger charge is -2.32. The van der Waals surface area contributed by atoms with E-state index in [9.17, 15) is 4.79 Å². The van der Waals surface area contributed by atoms with Crippen molar-refractivity contribution in [1.29, 1.82) is 0 Å². The van der Waals surface area contributed by atoms with Gasteiger partial charge in [-0.2, -0.15) is 0 Å². The van der Waals surface area contributed by atoms with Crippen LogP contribution in [0.25, 0.3) is 0 Å². The molecule has 0 saturated heterocycles. The number of benzene rings is 1. The monoisotopic (exact) mass is 275 g/mol. The summed E-state index contributed by atoms with van der Waals surface area (Å²) in [5, 5.41) is 0. The first-order valence-electron chi connectivity index (χ1n) is 7.33. The molecule has 1 heterocycles. The average Bonchev–Trinajstić information content (AvgIpc) is 2.38. The molecule has 1 aliphatic heterocycles. The minimum Gasteiger partial charge on any atom is -0.371 e. The number of hydrogen-bond donors (Lipinski definition) is 2. The maximum atomic E-state index is 11.2. The van der Waals surface area contributed by atoms with Gasteiger partial charge in [0.15, 0.2) is 0 Å². The average molecular weight is 275 g/mol. The Balaban J connectivity index is 1.97. The molecule has 4 nitrogen and oxygen atoms in total. The Hall–Kier alpha value is -1.55. The molecule has 4 N–H and O–H groups in total. The molecule has 1 atom stereocenters. The van der Waals surface area contributed by atoms with Gasteiger partial charge in [0.1, 0.15) is 0 Å². The number of anilines is 1. The predicted octanol–water partition coefficient (Wildman–Crippen LogP) is 1.73. The first kappa shape index (κ1) is 14.9. The third kappa shape index (κ3) is 3.31. The lowest BCUT2D eigenvalue weighted by Crippen LogP contribution is -2.49. The zero-order valence-corrected chi connectivity index (χ0v) is 12.5. The van der Waals surface area contributed by atoms with Crippen LogP contribution in [0.4, 0.5) is 5.69 Å². The van der Waals surface area contributed by atoms with Crippen LogP contribution < -0.4 is 16.4 Å². The van der Waals surface area contributed by atoms with Gasteiger partial charge in [-0.3, -0.25) is 4.79 Å². The van der Waals surface area contributed by atoms with Crippen LogP contribution in [0.2, 0.25) is 0 Å². The summed E-state index contributed by atoms with van der Waals surface area (Å²) in [6.45, 7) is 5.85. The van der Waals surface area contributed by atoms with Gasteiger partial charge >= 0.3 is 0 Å². The first-order valence-corrected chi connectivity index (χ1v) is 7.33. The number of nitrogens with zero attached hydrogens (tertiary/aromatic N) is 1. The molecule has 110 valence electrons. The van der Waals surface area contributed by atoms with Crippen LogP contribution in [0.15, 0.2) is 18.2 Å². The summed E-state index contributed by atoms with van der Waals surface area (Å²) in [7, 11) is 0. The fourth-order valence-corrected chi connectivity index (χ4v) is 2.80. The largest absolute Gasteiger partial charge is 0.371 e. The summed E-state index contributed by atoms with van der Waals surface area (Å²) in [5.74, 6) is -0.424. The van der Waals surface area contributed by atoms with Crippen molar-refractivity contribution < 1.29 is 4.79 Å². The van der Waals surface area contributed by atoms with Gasteiger partial charge in [0.25, 0.3) is 0 Å². The number of nitrogens with two attached hydrogens (primary N) is 2. The van der Waals surface area contributed by atoms with Gasteiger partial charge in [0, 0.05) is 18.8 Å². The highest BCUT2D eigenvalue weighted by molar-refractivity contribution is 5.83. The number of amides is 1. The Morgan fingerprint density at radius 3 is 2.90 bits per heavy atom. The van der Waals surface area contributed by atoms with Crippen LogP contribution in [0.5, 0.6) is 0 Å². The number of primary amides is 1. The Labute approximate surface area is 121 Å².